The van der Waals surface area contributed by atoms with Crippen LogP contribution >= 0.6 is 0 Å². The molecule has 4 heteroatoms. The molecule has 0 saturated carbocycles. The van der Waals surface area contributed by atoms with Gasteiger partial charge in [0.2, 0.25) is 5.91 Å². The van der Waals surface area contributed by atoms with E-state index in [4.69, 9.17) is 5.73 Å². The summed E-state index contributed by atoms with van der Waals surface area (Å²) in [7, 11) is 4.01. The summed E-state index contributed by atoms with van der Waals surface area (Å²) in [5.74, 6) is 0.0752. The van der Waals surface area contributed by atoms with Gasteiger partial charge in [0.15, 0.2) is 0 Å². The number of carbonyl (C=O) groups excluding carboxylic acids is 1. The summed E-state index contributed by atoms with van der Waals surface area (Å²) in [6.45, 7) is 2.08. The molecule has 0 aromatic heterocycles. The predicted molar refractivity (Wildman–Crippen MR) is 86.0 cm³/mol. The molecular weight excluding hydrogens is 262 g/mol. The zero-order valence-corrected chi connectivity index (χ0v) is 13.2. The lowest BCUT2D eigenvalue weighted by molar-refractivity contribution is -0.134. The van der Waals surface area contributed by atoms with Gasteiger partial charge in [-0.15, -0.1) is 0 Å². The van der Waals surface area contributed by atoms with Crippen molar-refractivity contribution in [2.24, 2.45) is 5.73 Å². The smallest absolute Gasteiger partial charge is 0.239 e. The second-order valence-corrected chi connectivity index (χ2v) is 6.14. The summed E-state index contributed by atoms with van der Waals surface area (Å²) in [4.78, 5) is 16.6. The van der Waals surface area contributed by atoms with Gasteiger partial charge in [-0.3, -0.25) is 4.79 Å². The highest BCUT2D eigenvalue weighted by atomic mass is 16.2. The van der Waals surface area contributed by atoms with Crippen molar-refractivity contribution in [1.82, 2.24) is 9.80 Å². The van der Waals surface area contributed by atoms with E-state index < -0.39 is 6.04 Å². The zero-order valence-electron chi connectivity index (χ0n) is 13.2. The molecule has 2 atom stereocenters. The van der Waals surface area contributed by atoms with Crippen molar-refractivity contribution < 1.29 is 4.79 Å². The van der Waals surface area contributed by atoms with Crippen LogP contribution in [0.5, 0.6) is 0 Å². The van der Waals surface area contributed by atoms with Crippen LogP contribution in [-0.4, -0.2) is 55.0 Å². The van der Waals surface area contributed by atoms with Crippen LogP contribution in [-0.2, 0) is 11.2 Å². The number of amides is 1. The molecule has 1 saturated heterocycles. The first kappa shape index (κ1) is 16.0. The van der Waals surface area contributed by atoms with Crippen molar-refractivity contribution in [2.75, 3.05) is 27.2 Å². The topological polar surface area (TPSA) is 49.6 Å². The Bertz CT molecular complexity index is 449. The third-order valence-electron chi connectivity index (χ3n) is 4.40. The molecule has 1 aliphatic heterocycles. The molecule has 1 heterocycles. The lowest BCUT2D eigenvalue weighted by Gasteiger charge is -2.36. The molecule has 0 spiro atoms. The number of hydrogen-bond acceptors (Lipinski definition) is 3. The fourth-order valence-corrected chi connectivity index (χ4v) is 2.99. The van der Waals surface area contributed by atoms with Gasteiger partial charge in [0.25, 0.3) is 0 Å². The largest absolute Gasteiger partial charge is 0.340 e. The Morgan fingerprint density at radius 3 is 2.81 bits per heavy atom. The van der Waals surface area contributed by atoms with E-state index >= 15 is 0 Å². The fourth-order valence-electron chi connectivity index (χ4n) is 2.99. The summed E-state index contributed by atoms with van der Waals surface area (Å²) in [6, 6.07) is 10.1. The van der Waals surface area contributed by atoms with Gasteiger partial charge in [-0.05, 0) is 44.8 Å². The minimum Gasteiger partial charge on any atom is -0.340 e. The molecule has 2 rings (SSSR count). The molecule has 0 radical (unpaired) electrons. The Morgan fingerprint density at radius 2 is 2.14 bits per heavy atom. The Labute approximate surface area is 127 Å². The molecule has 1 aromatic rings. The lowest BCUT2D eigenvalue weighted by Crippen LogP contribution is -2.52. The normalized spacial score (nSPS) is 21.0. The van der Waals surface area contributed by atoms with Gasteiger partial charge in [-0.2, -0.15) is 0 Å². The molecule has 1 fully saturated rings. The van der Waals surface area contributed by atoms with Crippen LogP contribution in [0.2, 0.25) is 0 Å². The Balaban J connectivity index is 1.83. The van der Waals surface area contributed by atoms with E-state index in [1.54, 1.807) is 0 Å². The van der Waals surface area contributed by atoms with Gasteiger partial charge in [0.1, 0.15) is 0 Å². The first-order valence-corrected chi connectivity index (χ1v) is 7.82. The molecule has 1 aliphatic rings. The molecule has 1 amide bonds. The molecule has 116 valence electrons. The van der Waals surface area contributed by atoms with Crippen molar-refractivity contribution in [3.05, 3.63) is 35.9 Å². The molecule has 1 unspecified atom stereocenters. The highest BCUT2D eigenvalue weighted by molar-refractivity contribution is 5.81. The minimum absolute atomic E-state index is 0.0752. The highest BCUT2D eigenvalue weighted by Crippen LogP contribution is 2.15. The van der Waals surface area contributed by atoms with Gasteiger partial charge in [-0.25, -0.2) is 0 Å². The van der Waals surface area contributed by atoms with E-state index in [1.165, 1.54) is 5.56 Å². The molecule has 4 nitrogen and oxygen atoms in total. The zero-order chi connectivity index (χ0) is 15.2. The van der Waals surface area contributed by atoms with Gasteiger partial charge in [0, 0.05) is 19.6 Å². The van der Waals surface area contributed by atoms with E-state index in [2.05, 4.69) is 24.1 Å². The molecule has 2 N–H and O–H groups in total. The van der Waals surface area contributed by atoms with Crippen LogP contribution in [0.4, 0.5) is 0 Å². The monoisotopic (exact) mass is 289 g/mol. The van der Waals surface area contributed by atoms with Gasteiger partial charge in [0.05, 0.1) is 6.04 Å². The quantitative estimate of drug-likeness (QED) is 0.893. The second-order valence-electron chi connectivity index (χ2n) is 6.14. The molecule has 1 aromatic carbocycles. The summed E-state index contributed by atoms with van der Waals surface area (Å²) >= 11 is 0. The first-order chi connectivity index (χ1) is 10.1. The summed E-state index contributed by atoms with van der Waals surface area (Å²) in [5.41, 5.74) is 7.34. The number of nitrogens with zero attached hydrogens (tertiary/aromatic N) is 2. The number of aryl methyl sites for hydroxylation is 1. The van der Waals surface area contributed by atoms with Crippen LogP contribution in [0.25, 0.3) is 0 Å². The number of carbonyl (C=O) groups is 1. The van der Waals surface area contributed by atoms with Crippen molar-refractivity contribution in [3.8, 4) is 0 Å². The maximum Gasteiger partial charge on any atom is 0.239 e. The summed E-state index contributed by atoms with van der Waals surface area (Å²) in [5, 5.41) is 0. The third kappa shape index (κ3) is 4.55. The number of nitrogens with two attached hydrogens (primary N) is 1. The van der Waals surface area contributed by atoms with Crippen LogP contribution in [0.3, 0.4) is 0 Å². The van der Waals surface area contributed by atoms with Gasteiger partial charge >= 0.3 is 0 Å². The lowest BCUT2D eigenvalue weighted by atomic mass is 10.0. The number of benzene rings is 1. The second kappa shape index (κ2) is 7.57. The van der Waals surface area contributed by atoms with Gasteiger partial charge in [-0.1, -0.05) is 30.3 Å². The van der Waals surface area contributed by atoms with Crippen molar-refractivity contribution >= 4 is 5.91 Å². The average Bonchev–Trinajstić information content (AvgIpc) is 2.52. The molecular formula is C17H27N3O. The minimum atomic E-state index is -0.401. The van der Waals surface area contributed by atoms with Crippen LogP contribution in [0.1, 0.15) is 24.8 Å². The third-order valence-corrected chi connectivity index (χ3v) is 4.40. The number of piperidine rings is 1. The number of likely N-dealkylation sites (tertiary alicyclic amines) is 1. The van der Waals surface area contributed by atoms with Crippen molar-refractivity contribution in [3.63, 3.8) is 0 Å². The maximum atomic E-state index is 12.5. The Morgan fingerprint density at radius 1 is 1.43 bits per heavy atom. The Kier molecular flexibility index (Phi) is 5.76. The molecule has 0 bridgehead atoms. The standard InChI is InChI=1S/C17H27N3O/c1-19-12-6-9-15(13-19)20(2)17(21)16(18)11-10-14-7-4-3-5-8-14/h3-5,7-8,15-16H,6,9-13,18H2,1-2H3/t15?,16-/m0/s1. The highest BCUT2D eigenvalue weighted by Gasteiger charge is 2.27. The van der Waals surface area contributed by atoms with E-state index in [0.717, 1.165) is 32.4 Å². The van der Waals surface area contributed by atoms with Crippen LogP contribution in [0, 0.1) is 0 Å². The van der Waals surface area contributed by atoms with Crippen molar-refractivity contribution in [1.29, 1.82) is 0 Å². The van der Waals surface area contributed by atoms with Crippen molar-refractivity contribution in [2.45, 2.75) is 37.8 Å². The van der Waals surface area contributed by atoms with Crippen LogP contribution < -0.4 is 5.73 Å². The first-order valence-electron chi connectivity index (χ1n) is 7.82. The number of rotatable bonds is 5. The fraction of sp³-hybridized carbons (Fsp3) is 0.588. The summed E-state index contributed by atoms with van der Waals surface area (Å²) in [6.07, 6.45) is 3.79. The maximum absolute atomic E-state index is 12.5. The number of hydrogen-bond donors (Lipinski definition) is 1. The van der Waals surface area contributed by atoms with E-state index in [-0.39, 0.29) is 5.91 Å². The molecule has 21 heavy (non-hydrogen) atoms. The number of likely N-dealkylation sites (N-methyl/N-ethyl adjacent to an activating group) is 2. The van der Waals surface area contributed by atoms with E-state index in [9.17, 15) is 4.79 Å². The van der Waals surface area contributed by atoms with E-state index in [0.29, 0.717) is 12.5 Å². The SMILES string of the molecule is CN1CCCC(N(C)C(=O)[C@@H](N)CCc2ccccc2)C1. The average molecular weight is 289 g/mol. The van der Waals surface area contributed by atoms with Gasteiger partial charge < -0.3 is 15.5 Å². The summed E-state index contributed by atoms with van der Waals surface area (Å²) < 4.78 is 0. The Hall–Kier alpha value is -1.39. The predicted octanol–water partition coefficient (Wildman–Crippen LogP) is 1.50. The van der Waals surface area contributed by atoms with E-state index in [1.807, 2.05) is 30.1 Å². The molecule has 0 aliphatic carbocycles. The van der Waals surface area contributed by atoms with Crippen LogP contribution in [0.15, 0.2) is 30.3 Å².